The number of ether oxygens (including phenoxy) is 2. The van der Waals surface area contributed by atoms with Gasteiger partial charge in [0.15, 0.2) is 5.75 Å². The maximum atomic E-state index is 13.4. The number of amides is 1. The summed E-state index contributed by atoms with van der Waals surface area (Å²) in [6, 6.07) is 4.02. The fourth-order valence-electron chi connectivity index (χ4n) is 4.62. The molecule has 1 saturated heterocycles. The first-order valence-electron chi connectivity index (χ1n) is 10.5. The standard InChI is InChI=1S/C23H27ClFN3O3/c1-22(2,3)31-21(29)28-9-8-23(13-28)7-6-15(11-23)20-19(12-26-14-27-20)30-18-5-4-16(25)10-17(18)24/h4-5,10,12,14-15H,6-9,11,13H2,1-3H3. The van der Waals surface area contributed by atoms with E-state index >= 15 is 0 Å². The Morgan fingerprint density at radius 3 is 2.84 bits per heavy atom. The summed E-state index contributed by atoms with van der Waals surface area (Å²) >= 11 is 6.13. The molecule has 4 rings (SSSR count). The van der Waals surface area contributed by atoms with Crippen LogP contribution in [-0.2, 0) is 4.74 Å². The Morgan fingerprint density at radius 1 is 1.29 bits per heavy atom. The van der Waals surface area contributed by atoms with E-state index in [1.165, 1.54) is 24.5 Å². The van der Waals surface area contributed by atoms with Crippen molar-refractivity contribution in [3.05, 3.63) is 47.3 Å². The van der Waals surface area contributed by atoms with E-state index in [4.69, 9.17) is 21.1 Å². The third kappa shape index (κ3) is 4.92. The summed E-state index contributed by atoms with van der Waals surface area (Å²) in [5, 5.41) is 0.196. The zero-order valence-corrected chi connectivity index (χ0v) is 18.8. The van der Waals surface area contributed by atoms with E-state index in [1.54, 1.807) is 6.20 Å². The highest BCUT2D eigenvalue weighted by atomic mass is 35.5. The summed E-state index contributed by atoms with van der Waals surface area (Å²) in [4.78, 5) is 22.9. The van der Waals surface area contributed by atoms with E-state index in [2.05, 4.69) is 9.97 Å². The Kier molecular flexibility index (Phi) is 5.81. The van der Waals surface area contributed by atoms with Gasteiger partial charge in [0.1, 0.15) is 23.5 Å². The van der Waals surface area contributed by atoms with E-state index in [1.807, 2.05) is 25.7 Å². The quantitative estimate of drug-likeness (QED) is 0.581. The predicted molar refractivity (Wildman–Crippen MR) is 115 cm³/mol. The highest BCUT2D eigenvalue weighted by Gasteiger charge is 2.47. The van der Waals surface area contributed by atoms with Crippen LogP contribution in [0.4, 0.5) is 9.18 Å². The van der Waals surface area contributed by atoms with Gasteiger partial charge in [0.05, 0.1) is 16.9 Å². The van der Waals surface area contributed by atoms with Gasteiger partial charge in [-0.1, -0.05) is 11.6 Å². The molecule has 1 spiro atoms. The van der Waals surface area contributed by atoms with Crippen LogP contribution in [0.25, 0.3) is 0 Å². The van der Waals surface area contributed by atoms with E-state index in [-0.39, 0.29) is 22.4 Å². The van der Waals surface area contributed by atoms with Gasteiger partial charge in [-0.25, -0.2) is 19.2 Å². The highest BCUT2D eigenvalue weighted by molar-refractivity contribution is 6.32. The van der Waals surface area contributed by atoms with Gasteiger partial charge in [-0.2, -0.15) is 0 Å². The number of hydrogen-bond acceptors (Lipinski definition) is 5. The van der Waals surface area contributed by atoms with E-state index < -0.39 is 11.4 Å². The lowest BCUT2D eigenvalue weighted by molar-refractivity contribution is 0.0273. The number of hydrogen-bond donors (Lipinski definition) is 0. The fraction of sp³-hybridized carbons (Fsp3) is 0.522. The van der Waals surface area contributed by atoms with Crippen molar-refractivity contribution in [1.82, 2.24) is 14.9 Å². The molecule has 166 valence electrons. The van der Waals surface area contributed by atoms with Crippen molar-refractivity contribution >= 4 is 17.7 Å². The molecule has 1 aromatic heterocycles. The molecule has 2 heterocycles. The summed E-state index contributed by atoms with van der Waals surface area (Å²) in [6.45, 7) is 7.05. The first-order chi connectivity index (χ1) is 14.6. The highest BCUT2D eigenvalue weighted by Crippen LogP contribution is 2.52. The van der Waals surface area contributed by atoms with E-state index in [0.29, 0.717) is 24.6 Å². The van der Waals surface area contributed by atoms with Gasteiger partial charge >= 0.3 is 6.09 Å². The van der Waals surface area contributed by atoms with Crippen molar-refractivity contribution in [1.29, 1.82) is 0 Å². The van der Waals surface area contributed by atoms with Crippen molar-refractivity contribution in [3.63, 3.8) is 0 Å². The molecule has 2 atom stereocenters. The molecule has 1 aliphatic carbocycles. The molecule has 31 heavy (non-hydrogen) atoms. The maximum absolute atomic E-state index is 13.4. The summed E-state index contributed by atoms with van der Waals surface area (Å²) < 4.78 is 24.9. The number of halogens is 2. The van der Waals surface area contributed by atoms with Gasteiger partial charge in [-0.15, -0.1) is 0 Å². The molecule has 2 fully saturated rings. The number of likely N-dealkylation sites (tertiary alicyclic amines) is 1. The lowest BCUT2D eigenvalue weighted by Gasteiger charge is -2.27. The molecule has 0 N–H and O–H groups in total. The third-order valence-electron chi connectivity index (χ3n) is 6.00. The maximum Gasteiger partial charge on any atom is 0.410 e. The summed E-state index contributed by atoms with van der Waals surface area (Å²) in [7, 11) is 0. The Bertz CT molecular complexity index is 981. The van der Waals surface area contributed by atoms with Gasteiger partial charge in [0, 0.05) is 19.0 Å². The largest absolute Gasteiger partial charge is 0.452 e. The van der Waals surface area contributed by atoms with E-state index in [9.17, 15) is 9.18 Å². The van der Waals surface area contributed by atoms with Crippen LogP contribution in [0.3, 0.4) is 0 Å². The molecule has 6 nitrogen and oxygen atoms in total. The van der Waals surface area contributed by atoms with Crippen molar-refractivity contribution in [2.24, 2.45) is 5.41 Å². The molecule has 0 bridgehead atoms. The SMILES string of the molecule is CC(C)(C)OC(=O)N1CCC2(CCC(c3ncncc3Oc3ccc(F)cc3Cl)C2)C1. The number of carbonyl (C=O) groups excluding carboxylic acids is 1. The molecule has 2 aliphatic rings. The normalized spacial score (nSPS) is 23.4. The Balaban J connectivity index is 1.47. The van der Waals surface area contributed by atoms with Crippen molar-refractivity contribution in [2.45, 2.75) is 58.0 Å². The van der Waals surface area contributed by atoms with Crippen LogP contribution < -0.4 is 4.74 Å². The number of rotatable bonds is 3. The second-order valence-electron chi connectivity index (χ2n) is 9.54. The minimum atomic E-state index is -0.500. The van der Waals surface area contributed by atoms with Crippen molar-refractivity contribution in [3.8, 4) is 11.5 Å². The minimum Gasteiger partial charge on any atom is -0.452 e. The molecule has 1 saturated carbocycles. The average molecular weight is 448 g/mol. The Morgan fingerprint density at radius 2 is 2.10 bits per heavy atom. The number of nitrogens with zero attached hydrogens (tertiary/aromatic N) is 3. The summed E-state index contributed by atoms with van der Waals surface area (Å²) in [5.74, 6) is 0.662. The second kappa shape index (κ2) is 8.26. The Hall–Kier alpha value is -2.41. The van der Waals surface area contributed by atoms with Crippen LogP contribution in [0, 0.1) is 11.2 Å². The first-order valence-corrected chi connectivity index (χ1v) is 10.9. The lowest BCUT2D eigenvalue weighted by atomic mass is 9.84. The van der Waals surface area contributed by atoms with Crippen LogP contribution in [-0.4, -0.2) is 39.7 Å². The summed E-state index contributed by atoms with van der Waals surface area (Å²) in [5.41, 5.74) is 0.389. The van der Waals surface area contributed by atoms with Gasteiger partial charge < -0.3 is 14.4 Å². The van der Waals surface area contributed by atoms with Crippen molar-refractivity contribution < 1.29 is 18.7 Å². The topological polar surface area (TPSA) is 64.5 Å². The molecular weight excluding hydrogens is 421 g/mol. The number of carbonyl (C=O) groups is 1. The molecule has 8 heteroatoms. The average Bonchev–Trinajstić information content (AvgIpc) is 3.30. The monoisotopic (exact) mass is 447 g/mol. The number of aromatic nitrogens is 2. The third-order valence-corrected chi connectivity index (χ3v) is 6.30. The van der Waals surface area contributed by atoms with Crippen LogP contribution in [0.5, 0.6) is 11.5 Å². The zero-order valence-electron chi connectivity index (χ0n) is 18.0. The van der Waals surface area contributed by atoms with Crippen molar-refractivity contribution in [2.75, 3.05) is 13.1 Å². The Labute approximate surface area is 186 Å². The van der Waals surface area contributed by atoms with Crippen LogP contribution >= 0.6 is 11.6 Å². The van der Waals surface area contributed by atoms with Crippen LogP contribution in [0.1, 0.15) is 58.1 Å². The summed E-state index contributed by atoms with van der Waals surface area (Å²) in [6.07, 6.45) is 6.72. The van der Waals surface area contributed by atoms with E-state index in [0.717, 1.165) is 31.4 Å². The van der Waals surface area contributed by atoms with Gasteiger partial charge in [-0.3, -0.25) is 0 Å². The zero-order chi connectivity index (χ0) is 22.2. The first kappa shape index (κ1) is 21.8. The molecule has 1 aliphatic heterocycles. The van der Waals surface area contributed by atoms with Gasteiger partial charge in [-0.05, 0) is 70.1 Å². The lowest BCUT2D eigenvalue weighted by Crippen LogP contribution is -2.36. The predicted octanol–water partition coefficient (Wildman–Crippen LogP) is 5.96. The molecular formula is C23H27ClFN3O3. The van der Waals surface area contributed by atoms with Gasteiger partial charge in [0.2, 0.25) is 0 Å². The smallest absolute Gasteiger partial charge is 0.410 e. The minimum absolute atomic E-state index is 0.0668. The van der Waals surface area contributed by atoms with Crippen LogP contribution in [0.2, 0.25) is 5.02 Å². The molecule has 1 aromatic carbocycles. The molecule has 0 radical (unpaired) electrons. The number of benzene rings is 1. The molecule has 2 unspecified atom stereocenters. The molecule has 2 aromatic rings. The molecule has 1 amide bonds. The fourth-order valence-corrected chi connectivity index (χ4v) is 4.82. The van der Waals surface area contributed by atoms with Crippen LogP contribution in [0.15, 0.2) is 30.7 Å². The second-order valence-corrected chi connectivity index (χ2v) is 9.95. The van der Waals surface area contributed by atoms with Gasteiger partial charge in [0.25, 0.3) is 0 Å².